The van der Waals surface area contributed by atoms with Crippen LogP contribution in [0.3, 0.4) is 0 Å². The highest BCUT2D eigenvalue weighted by Crippen LogP contribution is 1.85. The van der Waals surface area contributed by atoms with E-state index in [1.807, 2.05) is 0 Å². The summed E-state index contributed by atoms with van der Waals surface area (Å²) >= 11 is 0. The van der Waals surface area contributed by atoms with Crippen molar-refractivity contribution in [1.29, 1.82) is 0 Å². The summed E-state index contributed by atoms with van der Waals surface area (Å²) in [7, 11) is -0.397. The van der Waals surface area contributed by atoms with Crippen molar-refractivity contribution in [3.63, 3.8) is 0 Å². The van der Waals surface area contributed by atoms with Crippen molar-refractivity contribution in [3.8, 4) is 11.1 Å². The molecule has 0 unspecified atom stereocenters. The highest BCUT2D eigenvalue weighted by molar-refractivity contribution is 6.58. The second kappa shape index (κ2) is 7.14. The Bertz CT molecular complexity index is 206. The average Bonchev–Trinajstić information content (AvgIpc) is 1.95. The molecule has 2 heteroatoms. The van der Waals surface area contributed by atoms with E-state index in [9.17, 15) is 0 Å². The summed E-state index contributed by atoms with van der Waals surface area (Å²) in [4.78, 5) is 0. The van der Waals surface area contributed by atoms with E-state index >= 15 is 0 Å². The largest absolute Gasteiger partial charge is 0.142 e. The Balaban J connectivity index is 3.62. The highest BCUT2D eigenvalue weighted by atomic mass is 28.2. The Morgan fingerprint density at radius 1 is 0.833 bits per heavy atom. The van der Waals surface area contributed by atoms with Gasteiger partial charge in [0.1, 0.15) is 19.0 Å². The molecule has 0 fully saturated rings. The molecule has 0 heterocycles. The van der Waals surface area contributed by atoms with Gasteiger partial charge in [-0.1, -0.05) is 22.5 Å². The Morgan fingerprint density at radius 2 is 1.17 bits per heavy atom. The predicted octanol–water partition coefficient (Wildman–Crippen LogP) is 1.09. The molecule has 0 aliphatic rings. The zero-order valence-electron chi connectivity index (χ0n) is 8.57. The molecule has 0 saturated heterocycles. The summed E-state index contributed by atoms with van der Waals surface area (Å²) in [5.41, 5.74) is 14.1. The first kappa shape index (κ1) is 11.5. The summed E-state index contributed by atoms with van der Waals surface area (Å²) in [5, 5.41) is 0. The maximum absolute atomic E-state index is 3.30. The highest BCUT2D eigenvalue weighted by Gasteiger charge is 1.76. The Labute approximate surface area is 80.8 Å². The van der Waals surface area contributed by atoms with Crippen molar-refractivity contribution in [2.45, 2.75) is 27.7 Å². The van der Waals surface area contributed by atoms with Gasteiger partial charge in [0.05, 0.1) is 0 Å². The van der Waals surface area contributed by atoms with Crippen molar-refractivity contribution in [1.82, 2.24) is 0 Å². The third-order valence-electron chi connectivity index (χ3n) is 1.35. The van der Waals surface area contributed by atoms with Crippen LogP contribution in [0.4, 0.5) is 0 Å². The molecule has 0 saturated carbocycles. The molecule has 0 aromatic rings. The van der Waals surface area contributed by atoms with E-state index in [-0.39, 0.29) is 19.0 Å². The maximum atomic E-state index is 3.30. The van der Waals surface area contributed by atoms with Crippen LogP contribution in [0.5, 0.6) is 0 Å². The molecule has 0 rings (SSSR count). The standard InChI is InChI=1S/C10H18Si2/c1-9(2)7-11-5-6-12-8-10(3)4/h7-8H,11-12H2,1-4H3. The molecule has 0 aromatic heterocycles. The zero-order valence-corrected chi connectivity index (χ0v) is 11.4. The molecule has 0 amide bonds. The Hall–Kier alpha value is -0.526. The van der Waals surface area contributed by atoms with E-state index in [1.165, 1.54) is 11.1 Å². The lowest BCUT2D eigenvalue weighted by atomic mass is 10.4. The molecule has 0 spiro atoms. The molecule has 0 N–H and O–H groups in total. The smallest absolute Gasteiger partial charge is 0.129 e. The van der Waals surface area contributed by atoms with Gasteiger partial charge in [-0.3, -0.25) is 0 Å². The fraction of sp³-hybridized carbons (Fsp3) is 0.400. The van der Waals surface area contributed by atoms with E-state index < -0.39 is 0 Å². The molecule has 0 aliphatic heterocycles. The number of allylic oxidation sites excluding steroid dienone is 2. The van der Waals surface area contributed by atoms with Gasteiger partial charge in [-0.05, 0) is 27.7 Å². The molecular formula is C10H18Si2. The van der Waals surface area contributed by atoms with Gasteiger partial charge in [-0.2, -0.15) is 0 Å². The van der Waals surface area contributed by atoms with Crippen LogP contribution >= 0.6 is 0 Å². The van der Waals surface area contributed by atoms with Crippen LogP contribution in [-0.4, -0.2) is 19.0 Å². The van der Waals surface area contributed by atoms with Crippen molar-refractivity contribution in [2.24, 2.45) is 0 Å². The Kier molecular flexibility index (Phi) is 6.83. The summed E-state index contributed by atoms with van der Waals surface area (Å²) in [6, 6.07) is 0. The van der Waals surface area contributed by atoms with E-state index in [2.05, 4.69) is 50.2 Å². The van der Waals surface area contributed by atoms with Gasteiger partial charge in [0, 0.05) is 0 Å². The van der Waals surface area contributed by atoms with Crippen LogP contribution in [0.25, 0.3) is 0 Å². The zero-order chi connectivity index (χ0) is 9.40. The molecule has 0 bridgehead atoms. The second-order valence-corrected chi connectivity index (χ2v) is 5.66. The van der Waals surface area contributed by atoms with Crippen LogP contribution in [-0.2, 0) is 0 Å². The van der Waals surface area contributed by atoms with E-state index in [0.29, 0.717) is 0 Å². The quantitative estimate of drug-likeness (QED) is 0.456. The number of rotatable bonds is 2. The van der Waals surface area contributed by atoms with E-state index in [1.54, 1.807) is 0 Å². The second-order valence-electron chi connectivity index (χ2n) is 3.32. The molecule has 0 atom stereocenters. The van der Waals surface area contributed by atoms with Crippen molar-refractivity contribution in [3.05, 3.63) is 22.5 Å². The van der Waals surface area contributed by atoms with Crippen LogP contribution in [0, 0.1) is 11.1 Å². The molecular weight excluding hydrogens is 176 g/mol. The van der Waals surface area contributed by atoms with Crippen molar-refractivity contribution >= 4 is 19.0 Å². The van der Waals surface area contributed by atoms with Crippen LogP contribution in [0.2, 0.25) is 0 Å². The molecule has 0 nitrogen and oxygen atoms in total. The SMILES string of the molecule is CC(C)=C[SiH2]C#C[SiH2]C=C(C)C. The minimum Gasteiger partial charge on any atom is -0.142 e. The number of hydrogen-bond acceptors (Lipinski definition) is 0. The van der Waals surface area contributed by atoms with Gasteiger partial charge in [0.15, 0.2) is 0 Å². The van der Waals surface area contributed by atoms with Gasteiger partial charge in [0.25, 0.3) is 0 Å². The third kappa shape index (κ3) is 9.47. The van der Waals surface area contributed by atoms with Crippen LogP contribution < -0.4 is 0 Å². The molecule has 0 aromatic carbocycles. The summed E-state index contributed by atoms with van der Waals surface area (Å²) in [6.07, 6.45) is 0. The van der Waals surface area contributed by atoms with Crippen LogP contribution in [0.1, 0.15) is 27.7 Å². The topological polar surface area (TPSA) is 0 Å². The van der Waals surface area contributed by atoms with E-state index in [4.69, 9.17) is 0 Å². The fourth-order valence-electron chi connectivity index (χ4n) is 0.655. The van der Waals surface area contributed by atoms with Gasteiger partial charge in [-0.25, -0.2) is 0 Å². The molecule has 12 heavy (non-hydrogen) atoms. The molecule has 0 aliphatic carbocycles. The summed E-state index contributed by atoms with van der Waals surface area (Å²) < 4.78 is 0. The summed E-state index contributed by atoms with van der Waals surface area (Å²) in [6.45, 7) is 8.56. The first-order chi connectivity index (χ1) is 5.63. The fourth-order valence-corrected chi connectivity index (χ4v) is 2.83. The van der Waals surface area contributed by atoms with Gasteiger partial charge in [-0.15, -0.1) is 11.1 Å². The van der Waals surface area contributed by atoms with Crippen molar-refractivity contribution in [2.75, 3.05) is 0 Å². The summed E-state index contributed by atoms with van der Waals surface area (Å²) in [5.74, 6) is 0. The van der Waals surface area contributed by atoms with Gasteiger partial charge in [0.2, 0.25) is 0 Å². The lowest BCUT2D eigenvalue weighted by Gasteiger charge is -1.83. The average molecular weight is 194 g/mol. The molecule has 66 valence electrons. The minimum atomic E-state index is -0.199. The van der Waals surface area contributed by atoms with Gasteiger partial charge >= 0.3 is 0 Å². The first-order valence-electron chi connectivity index (χ1n) is 4.35. The number of hydrogen-bond donors (Lipinski definition) is 0. The van der Waals surface area contributed by atoms with Crippen molar-refractivity contribution < 1.29 is 0 Å². The third-order valence-corrected chi connectivity index (χ3v) is 4.80. The maximum Gasteiger partial charge on any atom is 0.129 e. The normalized spacial score (nSPS) is 10.0. The van der Waals surface area contributed by atoms with Gasteiger partial charge < -0.3 is 0 Å². The lowest BCUT2D eigenvalue weighted by Crippen LogP contribution is -1.84. The predicted molar refractivity (Wildman–Crippen MR) is 63.7 cm³/mol. The monoisotopic (exact) mass is 194 g/mol. The van der Waals surface area contributed by atoms with E-state index in [0.717, 1.165) is 0 Å². The van der Waals surface area contributed by atoms with Crippen LogP contribution in [0.15, 0.2) is 22.5 Å². The lowest BCUT2D eigenvalue weighted by molar-refractivity contribution is 1.41. The minimum absolute atomic E-state index is 0.199. The molecule has 0 radical (unpaired) electrons. The first-order valence-corrected chi connectivity index (χ1v) is 7.40. The Morgan fingerprint density at radius 3 is 1.42 bits per heavy atom.